The van der Waals surface area contributed by atoms with Crippen LogP contribution in [0.5, 0.6) is 0 Å². The van der Waals surface area contributed by atoms with Gasteiger partial charge in [0.1, 0.15) is 6.10 Å². The van der Waals surface area contributed by atoms with Gasteiger partial charge < -0.3 is 14.9 Å². The summed E-state index contributed by atoms with van der Waals surface area (Å²) in [5.41, 5.74) is -0.552. The molecule has 1 heterocycles. The molecule has 192 valence electrons. The fourth-order valence-corrected chi connectivity index (χ4v) is 5.67. The second kappa shape index (κ2) is 12.4. The van der Waals surface area contributed by atoms with Crippen LogP contribution in [0.2, 0.25) is 0 Å². The zero-order valence-corrected chi connectivity index (χ0v) is 22.7. The fourth-order valence-electron chi connectivity index (χ4n) is 5.67. The molecule has 2 aliphatic rings. The van der Waals surface area contributed by atoms with Crippen LogP contribution in [0.25, 0.3) is 0 Å². The highest BCUT2D eigenvalue weighted by molar-refractivity contribution is 5.74. The molecule has 1 aliphatic carbocycles. The Morgan fingerprint density at radius 3 is 2.30 bits per heavy atom. The lowest BCUT2D eigenvalue weighted by Crippen LogP contribution is -2.69. The number of ether oxygens (including phenoxy) is 1. The largest absolute Gasteiger partial charge is 0.462 e. The van der Waals surface area contributed by atoms with Crippen molar-refractivity contribution in [2.45, 2.75) is 155 Å². The maximum atomic E-state index is 11.9. The Morgan fingerprint density at radius 1 is 1.12 bits per heavy atom. The van der Waals surface area contributed by atoms with Gasteiger partial charge in [-0.1, -0.05) is 60.3 Å². The van der Waals surface area contributed by atoms with Gasteiger partial charge in [0, 0.05) is 25.3 Å². The molecule has 0 spiro atoms. The Hall–Kier alpha value is -1.30. The number of amidine groups is 1. The van der Waals surface area contributed by atoms with Crippen molar-refractivity contribution >= 4 is 12.0 Å². The molecule has 1 aliphatic heterocycles. The monoisotopic (exact) mass is 465 g/mol. The van der Waals surface area contributed by atoms with Crippen LogP contribution in [0.4, 0.5) is 0 Å². The van der Waals surface area contributed by atoms with E-state index in [1.807, 2.05) is 0 Å². The second-order valence-electron chi connectivity index (χ2n) is 10.9. The first-order chi connectivity index (χ1) is 15.6. The lowest BCUT2D eigenvalue weighted by Gasteiger charge is -2.58. The number of aliphatic imine (C=N–C) groups is 1. The van der Waals surface area contributed by atoms with Crippen molar-refractivity contribution in [3.8, 4) is 0 Å². The standard InChI is InChI=1S/C27H51N3O3/c1-9-16-22(10-2)28-25(29-23-17-14-13-15-18-23)33-30-26(7,11-3)19-24(32-21(6)31)20(5)27(30,8)12-4/h20,22-24H,9-19H2,1-8H3,(H,28,29). The minimum atomic E-state index is -0.287. The minimum Gasteiger partial charge on any atom is -0.462 e. The van der Waals surface area contributed by atoms with Crippen LogP contribution < -0.4 is 5.32 Å². The Morgan fingerprint density at radius 2 is 1.79 bits per heavy atom. The average molecular weight is 466 g/mol. The minimum absolute atomic E-state index is 0.118. The van der Waals surface area contributed by atoms with Gasteiger partial charge in [0.15, 0.2) is 0 Å². The molecule has 1 saturated heterocycles. The number of nitrogens with zero attached hydrogens (tertiary/aromatic N) is 2. The van der Waals surface area contributed by atoms with Gasteiger partial charge in [0.2, 0.25) is 0 Å². The molecule has 0 aromatic heterocycles. The van der Waals surface area contributed by atoms with Crippen molar-refractivity contribution in [1.29, 1.82) is 0 Å². The topological polar surface area (TPSA) is 63.2 Å². The van der Waals surface area contributed by atoms with Crippen LogP contribution in [0, 0.1) is 5.92 Å². The van der Waals surface area contributed by atoms with Crippen LogP contribution in [0.1, 0.15) is 126 Å². The summed E-state index contributed by atoms with van der Waals surface area (Å²) >= 11 is 0. The van der Waals surface area contributed by atoms with Crippen molar-refractivity contribution in [1.82, 2.24) is 10.4 Å². The molecule has 0 aromatic rings. The Bertz CT molecular complexity index is 649. The molecule has 5 atom stereocenters. The van der Waals surface area contributed by atoms with E-state index in [0.29, 0.717) is 18.1 Å². The molecular formula is C27H51N3O3. The number of piperidine rings is 1. The molecule has 6 heteroatoms. The van der Waals surface area contributed by atoms with Gasteiger partial charge in [-0.2, -0.15) is 0 Å². The molecule has 6 nitrogen and oxygen atoms in total. The highest BCUT2D eigenvalue weighted by atomic mass is 16.7. The Labute approximate surface area is 203 Å². The molecule has 0 aromatic carbocycles. The predicted octanol–water partition coefficient (Wildman–Crippen LogP) is 6.39. The van der Waals surface area contributed by atoms with E-state index < -0.39 is 0 Å². The third-order valence-corrected chi connectivity index (χ3v) is 8.44. The summed E-state index contributed by atoms with van der Waals surface area (Å²) in [5, 5.41) is 5.90. The normalized spacial score (nSPS) is 32.9. The molecule has 5 unspecified atom stereocenters. The molecule has 2 fully saturated rings. The highest BCUT2D eigenvalue weighted by Gasteiger charge is 2.56. The maximum absolute atomic E-state index is 11.9. The summed E-state index contributed by atoms with van der Waals surface area (Å²) in [6.45, 7) is 17.1. The third kappa shape index (κ3) is 6.86. The van der Waals surface area contributed by atoms with Crippen molar-refractivity contribution in [3.05, 3.63) is 0 Å². The van der Waals surface area contributed by atoms with Crippen LogP contribution >= 0.6 is 0 Å². The number of nitrogens with one attached hydrogen (secondary N) is 1. The van der Waals surface area contributed by atoms with E-state index in [1.165, 1.54) is 26.2 Å². The number of hydrogen-bond acceptors (Lipinski definition) is 5. The summed E-state index contributed by atoms with van der Waals surface area (Å²) in [5.74, 6) is -0.0655. The predicted molar refractivity (Wildman–Crippen MR) is 136 cm³/mol. The molecule has 0 bridgehead atoms. The van der Waals surface area contributed by atoms with Gasteiger partial charge in [0.05, 0.1) is 17.1 Å². The Kier molecular flexibility index (Phi) is 10.5. The molecular weight excluding hydrogens is 414 g/mol. The summed E-state index contributed by atoms with van der Waals surface area (Å²) < 4.78 is 5.82. The quantitative estimate of drug-likeness (QED) is 0.243. The zero-order chi connectivity index (χ0) is 24.6. The van der Waals surface area contributed by atoms with Crippen LogP contribution in [-0.4, -0.2) is 46.3 Å². The van der Waals surface area contributed by atoms with E-state index in [4.69, 9.17) is 14.6 Å². The van der Waals surface area contributed by atoms with E-state index in [-0.39, 0.29) is 29.1 Å². The zero-order valence-electron chi connectivity index (χ0n) is 22.7. The fraction of sp³-hybridized carbons (Fsp3) is 0.926. The molecule has 33 heavy (non-hydrogen) atoms. The molecule has 2 rings (SSSR count). The SMILES string of the molecule is CCCC(CC)NC(=NC1CCCCC1)ON1C(C)(CC)CC(OC(C)=O)C(C)C1(C)CC. The van der Waals surface area contributed by atoms with Crippen molar-refractivity contribution in [2.24, 2.45) is 10.9 Å². The molecule has 1 saturated carbocycles. The van der Waals surface area contributed by atoms with Crippen LogP contribution in [0.3, 0.4) is 0 Å². The van der Waals surface area contributed by atoms with Crippen molar-refractivity contribution in [3.63, 3.8) is 0 Å². The van der Waals surface area contributed by atoms with Crippen molar-refractivity contribution in [2.75, 3.05) is 0 Å². The number of hydroxylamine groups is 2. The van der Waals surface area contributed by atoms with E-state index >= 15 is 0 Å². The number of carbonyl (C=O) groups is 1. The Balaban J connectivity index is 2.40. The molecule has 1 N–H and O–H groups in total. The number of esters is 1. The first kappa shape index (κ1) is 27.9. The summed E-state index contributed by atoms with van der Waals surface area (Å²) in [4.78, 5) is 23.8. The van der Waals surface area contributed by atoms with Crippen LogP contribution in [-0.2, 0) is 14.4 Å². The van der Waals surface area contributed by atoms with Gasteiger partial charge >= 0.3 is 12.0 Å². The molecule has 0 radical (unpaired) electrons. The van der Waals surface area contributed by atoms with Crippen molar-refractivity contribution < 1.29 is 14.4 Å². The van der Waals surface area contributed by atoms with E-state index in [0.717, 1.165) is 51.4 Å². The number of hydrogen-bond donors (Lipinski definition) is 1. The highest BCUT2D eigenvalue weighted by Crippen LogP contribution is 2.47. The average Bonchev–Trinajstić information content (AvgIpc) is 2.80. The van der Waals surface area contributed by atoms with E-state index in [9.17, 15) is 4.79 Å². The second-order valence-corrected chi connectivity index (χ2v) is 10.9. The maximum Gasteiger partial charge on any atom is 0.305 e. The summed E-state index contributed by atoms with van der Waals surface area (Å²) in [6.07, 6.45) is 11.8. The lowest BCUT2D eigenvalue weighted by molar-refractivity contribution is -0.279. The van der Waals surface area contributed by atoms with E-state index in [2.05, 4.69) is 58.8 Å². The number of carbonyl (C=O) groups excluding carboxylic acids is 1. The van der Waals surface area contributed by atoms with Gasteiger partial charge in [-0.3, -0.25) is 4.79 Å². The van der Waals surface area contributed by atoms with Gasteiger partial charge in [-0.15, -0.1) is 5.06 Å². The molecule has 0 amide bonds. The van der Waals surface area contributed by atoms with Gasteiger partial charge in [0.25, 0.3) is 0 Å². The van der Waals surface area contributed by atoms with Crippen LogP contribution in [0.15, 0.2) is 4.99 Å². The van der Waals surface area contributed by atoms with Gasteiger partial charge in [-0.25, -0.2) is 4.99 Å². The summed E-state index contributed by atoms with van der Waals surface area (Å²) in [7, 11) is 0. The first-order valence-corrected chi connectivity index (χ1v) is 13.6. The third-order valence-electron chi connectivity index (χ3n) is 8.44. The summed E-state index contributed by atoms with van der Waals surface area (Å²) in [6, 6.07) is 1.37. The number of rotatable bonds is 9. The smallest absolute Gasteiger partial charge is 0.305 e. The van der Waals surface area contributed by atoms with E-state index in [1.54, 1.807) is 0 Å². The lowest BCUT2D eigenvalue weighted by atomic mass is 9.69. The first-order valence-electron chi connectivity index (χ1n) is 13.6. The van der Waals surface area contributed by atoms with Gasteiger partial charge in [-0.05, 0) is 52.4 Å².